The number of cyclic esters (lactones) is 1. The van der Waals surface area contributed by atoms with E-state index >= 15 is 0 Å². The van der Waals surface area contributed by atoms with E-state index in [4.69, 9.17) is 4.74 Å². The molecule has 2 aliphatic heterocycles. The first-order chi connectivity index (χ1) is 7.89. The van der Waals surface area contributed by atoms with Crippen molar-refractivity contribution in [1.29, 1.82) is 0 Å². The van der Waals surface area contributed by atoms with Gasteiger partial charge in [0.1, 0.15) is 6.10 Å². The van der Waals surface area contributed by atoms with Crippen molar-refractivity contribution in [2.24, 2.45) is 5.41 Å². The summed E-state index contributed by atoms with van der Waals surface area (Å²) in [6, 6.07) is 0.326. The minimum absolute atomic E-state index is 0.0793. The van der Waals surface area contributed by atoms with Crippen molar-refractivity contribution in [2.45, 2.75) is 59.1 Å². The molecule has 0 unspecified atom stereocenters. The molecule has 3 nitrogen and oxygen atoms in total. The molecule has 2 atom stereocenters. The van der Waals surface area contributed by atoms with Crippen molar-refractivity contribution < 1.29 is 9.53 Å². The number of hydrogen-bond donors (Lipinski definition) is 0. The van der Waals surface area contributed by atoms with Gasteiger partial charge in [-0.1, -0.05) is 25.5 Å². The van der Waals surface area contributed by atoms with Gasteiger partial charge >= 0.3 is 6.09 Å². The van der Waals surface area contributed by atoms with E-state index in [1.54, 1.807) is 0 Å². The Bertz CT molecular complexity index is 342. The number of allylic oxidation sites excluding steroid dienone is 2. The predicted octanol–water partition coefficient (Wildman–Crippen LogP) is 3.35. The Morgan fingerprint density at radius 2 is 2.24 bits per heavy atom. The lowest BCUT2D eigenvalue weighted by atomic mass is 9.83. The first-order valence-electron chi connectivity index (χ1n) is 6.52. The number of hydrogen-bond acceptors (Lipinski definition) is 2. The number of nitrogens with zero attached hydrogens (tertiary/aromatic N) is 1. The molecule has 0 bridgehead atoms. The van der Waals surface area contributed by atoms with E-state index in [9.17, 15) is 4.79 Å². The standard InChI is InChI=1S/C14H23NO2/c1-10(2)8-14(3,4)9-12-11-6-5-7-15(11)13(16)17-12/h8,11-12H,5-7,9H2,1-4H3/t11-,12-/m0/s1. The van der Waals surface area contributed by atoms with Crippen LogP contribution in [-0.4, -0.2) is 29.7 Å². The first kappa shape index (κ1) is 12.5. The summed E-state index contributed by atoms with van der Waals surface area (Å²) in [6.45, 7) is 9.54. The van der Waals surface area contributed by atoms with Crippen molar-refractivity contribution >= 4 is 6.09 Å². The molecule has 0 saturated carbocycles. The van der Waals surface area contributed by atoms with Crippen molar-refractivity contribution in [3.05, 3.63) is 11.6 Å². The van der Waals surface area contributed by atoms with Crippen molar-refractivity contribution in [3.8, 4) is 0 Å². The SMILES string of the molecule is CC(C)=CC(C)(C)C[C@@H]1OC(=O)N2CCC[C@@H]12. The number of carbonyl (C=O) groups is 1. The molecule has 0 aliphatic carbocycles. The maximum absolute atomic E-state index is 11.7. The van der Waals surface area contributed by atoms with Crippen LogP contribution in [0.1, 0.15) is 47.0 Å². The van der Waals surface area contributed by atoms with Crippen LogP contribution in [0.4, 0.5) is 4.79 Å². The van der Waals surface area contributed by atoms with Gasteiger partial charge in [0.15, 0.2) is 0 Å². The summed E-state index contributed by atoms with van der Waals surface area (Å²) >= 11 is 0. The third-order valence-electron chi connectivity index (χ3n) is 3.62. The lowest BCUT2D eigenvalue weighted by molar-refractivity contribution is 0.105. The maximum atomic E-state index is 11.7. The fourth-order valence-corrected chi connectivity index (χ4v) is 3.22. The van der Waals surface area contributed by atoms with E-state index in [-0.39, 0.29) is 17.6 Å². The summed E-state index contributed by atoms with van der Waals surface area (Å²) in [5.74, 6) is 0. The van der Waals surface area contributed by atoms with E-state index in [1.807, 2.05) is 4.90 Å². The minimum atomic E-state index is -0.106. The second-order valence-electron chi connectivity index (χ2n) is 6.24. The highest BCUT2D eigenvalue weighted by molar-refractivity contribution is 5.71. The van der Waals surface area contributed by atoms with Gasteiger partial charge in [-0.25, -0.2) is 4.79 Å². The highest BCUT2D eigenvalue weighted by atomic mass is 16.6. The van der Waals surface area contributed by atoms with E-state index < -0.39 is 0 Å². The minimum Gasteiger partial charge on any atom is -0.444 e. The largest absolute Gasteiger partial charge is 0.444 e. The molecule has 2 heterocycles. The molecular formula is C14H23NO2. The highest BCUT2D eigenvalue weighted by Gasteiger charge is 2.45. The topological polar surface area (TPSA) is 29.5 Å². The van der Waals surface area contributed by atoms with Crippen LogP contribution in [0.3, 0.4) is 0 Å². The lowest BCUT2D eigenvalue weighted by Crippen LogP contribution is -2.32. The molecule has 0 aromatic carbocycles. The molecule has 0 radical (unpaired) electrons. The van der Waals surface area contributed by atoms with Gasteiger partial charge in [-0.2, -0.15) is 0 Å². The second kappa shape index (κ2) is 4.35. The Kier molecular flexibility index (Phi) is 3.19. The summed E-state index contributed by atoms with van der Waals surface area (Å²) in [7, 11) is 0. The van der Waals surface area contributed by atoms with Crippen molar-refractivity contribution in [2.75, 3.05) is 6.54 Å². The van der Waals surface area contributed by atoms with Crippen LogP contribution in [0.25, 0.3) is 0 Å². The molecule has 96 valence electrons. The summed E-state index contributed by atoms with van der Waals surface area (Å²) in [5.41, 5.74) is 1.42. The third-order valence-corrected chi connectivity index (χ3v) is 3.62. The zero-order valence-electron chi connectivity index (χ0n) is 11.3. The molecule has 2 aliphatic rings. The average molecular weight is 237 g/mol. The van der Waals surface area contributed by atoms with E-state index in [0.29, 0.717) is 6.04 Å². The predicted molar refractivity (Wildman–Crippen MR) is 67.8 cm³/mol. The molecular weight excluding hydrogens is 214 g/mol. The maximum Gasteiger partial charge on any atom is 0.410 e. The smallest absolute Gasteiger partial charge is 0.410 e. The Hall–Kier alpha value is -0.990. The molecule has 0 spiro atoms. The first-order valence-corrected chi connectivity index (χ1v) is 6.52. The zero-order valence-corrected chi connectivity index (χ0v) is 11.3. The fourth-order valence-electron chi connectivity index (χ4n) is 3.22. The van der Waals surface area contributed by atoms with E-state index in [0.717, 1.165) is 25.8 Å². The van der Waals surface area contributed by atoms with Gasteiger partial charge in [0.25, 0.3) is 0 Å². The van der Waals surface area contributed by atoms with Gasteiger partial charge in [-0.05, 0) is 38.5 Å². The number of fused-ring (bicyclic) bond motifs is 1. The van der Waals surface area contributed by atoms with Gasteiger partial charge in [0, 0.05) is 6.54 Å². The average Bonchev–Trinajstić information content (AvgIpc) is 2.69. The molecule has 0 aromatic rings. The van der Waals surface area contributed by atoms with Crippen LogP contribution >= 0.6 is 0 Å². The Morgan fingerprint density at radius 3 is 2.88 bits per heavy atom. The Morgan fingerprint density at radius 1 is 1.53 bits per heavy atom. The van der Waals surface area contributed by atoms with Crippen LogP contribution in [0.2, 0.25) is 0 Å². The van der Waals surface area contributed by atoms with Crippen LogP contribution in [0, 0.1) is 5.41 Å². The van der Waals surface area contributed by atoms with Gasteiger partial charge in [0.05, 0.1) is 6.04 Å². The lowest BCUT2D eigenvalue weighted by Gasteiger charge is -2.26. The molecule has 1 amide bonds. The van der Waals surface area contributed by atoms with E-state index in [2.05, 4.69) is 33.8 Å². The quantitative estimate of drug-likeness (QED) is 0.704. The fraction of sp³-hybridized carbons (Fsp3) is 0.786. The molecule has 0 aromatic heterocycles. The molecule has 2 fully saturated rings. The van der Waals surface area contributed by atoms with Gasteiger partial charge in [-0.3, -0.25) is 0 Å². The van der Waals surface area contributed by atoms with Crippen LogP contribution < -0.4 is 0 Å². The summed E-state index contributed by atoms with van der Waals surface area (Å²) in [4.78, 5) is 13.6. The normalized spacial score (nSPS) is 28.0. The van der Waals surface area contributed by atoms with Gasteiger partial charge in [-0.15, -0.1) is 0 Å². The number of carbonyl (C=O) groups excluding carboxylic acids is 1. The van der Waals surface area contributed by atoms with Gasteiger partial charge in [0.2, 0.25) is 0 Å². The monoisotopic (exact) mass is 237 g/mol. The summed E-state index contributed by atoms with van der Waals surface area (Å²) < 4.78 is 5.50. The van der Waals surface area contributed by atoms with Crippen LogP contribution in [-0.2, 0) is 4.74 Å². The number of amides is 1. The van der Waals surface area contributed by atoms with Crippen LogP contribution in [0.5, 0.6) is 0 Å². The van der Waals surface area contributed by atoms with Gasteiger partial charge < -0.3 is 9.64 Å². The highest BCUT2D eigenvalue weighted by Crippen LogP contribution is 2.36. The van der Waals surface area contributed by atoms with Crippen molar-refractivity contribution in [1.82, 2.24) is 4.90 Å². The molecule has 17 heavy (non-hydrogen) atoms. The van der Waals surface area contributed by atoms with Crippen molar-refractivity contribution in [3.63, 3.8) is 0 Å². The Balaban J connectivity index is 2.05. The zero-order chi connectivity index (χ0) is 12.6. The second-order valence-corrected chi connectivity index (χ2v) is 6.24. The summed E-state index contributed by atoms with van der Waals surface area (Å²) in [5, 5.41) is 0. The van der Waals surface area contributed by atoms with Crippen LogP contribution in [0.15, 0.2) is 11.6 Å². The Labute approximate surface area is 104 Å². The molecule has 2 rings (SSSR count). The number of ether oxygens (including phenoxy) is 1. The summed E-state index contributed by atoms with van der Waals surface area (Å²) in [6.07, 6.45) is 5.39. The number of rotatable bonds is 3. The molecule has 2 saturated heterocycles. The molecule has 3 heteroatoms. The molecule has 0 N–H and O–H groups in total. The third kappa shape index (κ3) is 2.64. The van der Waals surface area contributed by atoms with E-state index in [1.165, 1.54) is 5.57 Å².